The van der Waals surface area contributed by atoms with E-state index in [0.717, 1.165) is 47.2 Å². The molecule has 0 unspecified atom stereocenters. The highest BCUT2D eigenvalue weighted by molar-refractivity contribution is 6.31. The number of nitrogens with one attached hydrogen (secondary N) is 1. The highest BCUT2D eigenvalue weighted by Gasteiger charge is 2.21. The second-order valence-corrected chi connectivity index (χ2v) is 7.07. The van der Waals surface area contributed by atoms with Crippen LogP contribution in [0.25, 0.3) is 5.69 Å². The molecule has 0 atom stereocenters. The number of halogens is 1. The van der Waals surface area contributed by atoms with E-state index in [-0.39, 0.29) is 0 Å². The van der Waals surface area contributed by atoms with Crippen LogP contribution in [-0.2, 0) is 12.8 Å². The molecule has 0 spiro atoms. The molecule has 1 N–H and O–H groups in total. The molecule has 25 heavy (non-hydrogen) atoms. The molecular weight excluding hydrogens is 330 g/mol. The van der Waals surface area contributed by atoms with Crippen LogP contribution in [0.4, 0.5) is 5.82 Å². The Bertz CT molecular complexity index is 884. The standard InChI is InChI=1S/C21H22ClN3/c1-15-10-11-17(14-19(15)22)25-21-18(9-5-6-12-23-21)20(24-25)13-16-7-3-2-4-8-16/h2-4,7-8,10-11,14,23H,5-6,9,12-13H2,1H3. The summed E-state index contributed by atoms with van der Waals surface area (Å²) in [5.41, 5.74) is 5.90. The third-order valence-electron chi connectivity index (χ3n) is 4.83. The Balaban J connectivity index is 1.80. The van der Waals surface area contributed by atoms with Gasteiger partial charge in [0.2, 0.25) is 0 Å². The summed E-state index contributed by atoms with van der Waals surface area (Å²) in [6, 6.07) is 16.7. The molecule has 4 rings (SSSR count). The molecule has 1 aromatic heterocycles. The van der Waals surface area contributed by atoms with E-state index in [4.69, 9.17) is 16.7 Å². The van der Waals surface area contributed by atoms with Gasteiger partial charge >= 0.3 is 0 Å². The monoisotopic (exact) mass is 351 g/mol. The molecule has 0 aliphatic carbocycles. The van der Waals surface area contributed by atoms with E-state index in [9.17, 15) is 0 Å². The molecule has 128 valence electrons. The van der Waals surface area contributed by atoms with Crippen LogP contribution in [0.3, 0.4) is 0 Å². The minimum atomic E-state index is 0.778. The van der Waals surface area contributed by atoms with Crippen molar-refractivity contribution in [2.75, 3.05) is 11.9 Å². The summed E-state index contributed by atoms with van der Waals surface area (Å²) in [5, 5.41) is 9.33. The zero-order valence-corrected chi connectivity index (χ0v) is 15.2. The molecule has 0 radical (unpaired) electrons. The highest BCUT2D eigenvalue weighted by atomic mass is 35.5. The van der Waals surface area contributed by atoms with E-state index in [1.165, 1.54) is 24.0 Å². The number of nitrogens with zero attached hydrogens (tertiary/aromatic N) is 2. The molecule has 3 nitrogen and oxygen atoms in total. The normalized spacial score (nSPS) is 13.8. The predicted molar refractivity (Wildman–Crippen MR) is 104 cm³/mol. The van der Waals surface area contributed by atoms with Crippen LogP contribution in [0.1, 0.15) is 35.2 Å². The van der Waals surface area contributed by atoms with Gasteiger partial charge in [0.05, 0.1) is 11.4 Å². The predicted octanol–water partition coefficient (Wildman–Crippen LogP) is 5.17. The van der Waals surface area contributed by atoms with Gasteiger partial charge in [-0.15, -0.1) is 0 Å². The van der Waals surface area contributed by atoms with Crippen LogP contribution < -0.4 is 5.32 Å². The summed E-state index contributed by atoms with van der Waals surface area (Å²) in [4.78, 5) is 0. The molecule has 0 bridgehead atoms. The van der Waals surface area contributed by atoms with Gasteiger partial charge < -0.3 is 5.32 Å². The fourth-order valence-electron chi connectivity index (χ4n) is 3.41. The molecule has 0 fully saturated rings. The first-order valence-electron chi connectivity index (χ1n) is 8.87. The van der Waals surface area contributed by atoms with E-state index < -0.39 is 0 Å². The summed E-state index contributed by atoms with van der Waals surface area (Å²) in [6.07, 6.45) is 4.32. The maximum absolute atomic E-state index is 6.35. The van der Waals surface area contributed by atoms with Crippen LogP contribution in [0, 0.1) is 6.92 Å². The summed E-state index contributed by atoms with van der Waals surface area (Å²) in [5.74, 6) is 1.13. The first kappa shape index (κ1) is 16.2. The third-order valence-corrected chi connectivity index (χ3v) is 5.23. The lowest BCUT2D eigenvalue weighted by Crippen LogP contribution is -2.07. The number of fused-ring (bicyclic) bond motifs is 1. The van der Waals surface area contributed by atoms with Crippen molar-refractivity contribution in [2.24, 2.45) is 0 Å². The van der Waals surface area contributed by atoms with Gasteiger partial charge in [0.15, 0.2) is 0 Å². The van der Waals surface area contributed by atoms with Crippen LogP contribution in [-0.4, -0.2) is 16.3 Å². The average Bonchev–Trinajstić information content (AvgIpc) is 2.81. The Morgan fingerprint density at radius 2 is 1.96 bits per heavy atom. The van der Waals surface area contributed by atoms with Gasteiger partial charge in [0.1, 0.15) is 5.82 Å². The van der Waals surface area contributed by atoms with E-state index in [1.807, 2.05) is 17.7 Å². The van der Waals surface area contributed by atoms with Crippen molar-refractivity contribution < 1.29 is 0 Å². The molecule has 3 aromatic rings. The van der Waals surface area contributed by atoms with Crippen LogP contribution in [0.15, 0.2) is 48.5 Å². The van der Waals surface area contributed by atoms with Gasteiger partial charge in [-0.3, -0.25) is 0 Å². The number of aryl methyl sites for hydroxylation is 1. The largest absolute Gasteiger partial charge is 0.370 e. The summed E-state index contributed by atoms with van der Waals surface area (Å²) >= 11 is 6.35. The van der Waals surface area contributed by atoms with Crippen molar-refractivity contribution >= 4 is 17.4 Å². The molecule has 2 aromatic carbocycles. The lowest BCUT2D eigenvalue weighted by molar-refractivity contribution is 0.767. The van der Waals surface area contributed by atoms with Gasteiger partial charge in [-0.05, 0) is 49.4 Å². The van der Waals surface area contributed by atoms with Crippen molar-refractivity contribution in [3.63, 3.8) is 0 Å². The van der Waals surface area contributed by atoms with Gasteiger partial charge in [0.25, 0.3) is 0 Å². The number of benzene rings is 2. The smallest absolute Gasteiger partial charge is 0.133 e. The van der Waals surface area contributed by atoms with Crippen LogP contribution in [0.2, 0.25) is 5.02 Å². The van der Waals surface area contributed by atoms with Crippen molar-refractivity contribution in [3.8, 4) is 5.69 Å². The van der Waals surface area contributed by atoms with Crippen molar-refractivity contribution in [1.29, 1.82) is 0 Å². The quantitative estimate of drug-likeness (QED) is 0.705. The van der Waals surface area contributed by atoms with Gasteiger partial charge in [0, 0.05) is 23.6 Å². The summed E-state index contributed by atoms with van der Waals surface area (Å²) in [6.45, 7) is 3.01. The van der Waals surface area contributed by atoms with Gasteiger partial charge in [-0.25, -0.2) is 4.68 Å². The number of anilines is 1. The van der Waals surface area contributed by atoms with Crippen LogP contribution in [0.5, 0.6) is 0 Å². The van der Waals surface area contributed by atoms with E-state index >= 15 is 0 Å². The van der Waals surface area contributed by atoms with Crippen LogP contribution >= 0.6 is 11.6 Å². The molecule has 0 saturated heterocycles. The van der Waals surface area contributed by atoms with Gasteiger partial charge in [-0.1, -0.05) is 48.0 Å². The number of aromatic nitrogens is 2. The molecule has 0 amide bonds. The molecule has 0 saturated carbocycles. The second-order valence-electron chi connectivity index (χ2n) is 6.67. The zero-order chi connectivity index (χ0) is 17.2. The van der Waals surface area contributed by atoms with Crippen molar-refractivity contribution in [1.82, 2.24) is 9.78 Å². The van der Waals surface area contributed by atoms with Gasteiger partial charge in [-0.2, -0.15) is 5.10 Å². The molecule has 1 aliphatic heterocycles. The summed E-state index contributed by atoms with van der Waals surface area (Å²) < 4.78 is 2.03. The summed E-state index contributed by atoms with van der Waals surface area (Å²) in [7, 11) is 0. The lowest BCUT2D eigenvalue weighted by Gasteiger charge is -2.10. The topological polar surface area (TPSA) is 29.9 Å². The maximum Gasteiger partial charge on any atom is 0.133 e. The van der Waals surface area contributed by atoms with E-state index in [1.54, 1.807) is 0 Å². The Labute approximate surface area is 153 Å². The minimum Gasteiger partial charge on any atom is -0.370 e. The van der Waals surface area contributed by atoms with E-state index in [0.29, 0.717) is 0 Å². The Kier molecular flexibility index (Phi) is 4.50. The Morgan fingerprint density at radius 3 is 2.76 bits per heavy atom. The number of hydrogen-bond acceptors (Lipinski definition) is 2. The fraction of sp³-hybridized carbons (Fsp3) is 0.286. The average molecular weight is 352 g/mol. The first-order chi connectivity index (χ1) is 12.2. The SMILES string of the molecule is Cc1ccc(-n2nc(Cc3ccccc3)c3c2NCCCC3)cc1Cl. The third kappa shape index (κ3) is 3.29. The molecule has 1 aliphatic rings. The second kappa shape index (κ2) is 6.93. The Hall–Kier alpha value is -2.26. The molecule has 4 heteroatoms. The first-order valence-corrected chi connectivity index (χ1v) is 9.25. The minimum absolute atomic E-state index is 0.778. The zero-order valence-electron chi connectivity index (χ0n) is 14.4. The lowest BCUT2D eigenvalue weighted by atomic mass is 10.0. The highest BCUT2D eigenvalue weighted by Crippen LogP contribution is 2.30. The van der Waals surface area contributed by atoms with Crippen molar-refractivity contribution in [2.45, 2.75) is 32.6 Å². The van der Waals surface area contributed by atoms with E-state index in [2.05, 4.69) is 47.8 Å². The number of hydrogen-bond donors (Lipinski definition) is 1. The maximum atomic E-state index is 6.35. The molecular formula is C21H22ClN3. The fourth-order valence-corrected chi connectivity index (χ4v) is 3.58. The number of rotatable bonds is 3. The Morgan fingerprint density at radius 1 is 1.12 bits per heavy atom. The molecule has 2 heterocycles. The van der Waals surface area contributed by atoms with Crippen molar-refractivity contribution in [3.05, 3.63) is 75.9 Å².